The number of hydrogen-bond acceptors (Lipinski definition) is 4. The fourth-order valence-corrected chi connectivity index (χ4v) is 5.85. The number of hydrogen-bond donors (Lipinski definition) is 1. The van der Waals surface area contributed by atoms with Crippen molar-refractivity contribution < 1.29 is 13.2 Å². The second-order valence-corrected chi connectivity index (χ2v) is 11.3. The number of sulfonamides is 1. The minimum Gasteiger partial charge on any atom is -0.318 e. The van der Waals surface area contributed by atoms with E-state index in [4.69, 9.17) is 0 Å². The van der Waals surface area contributed by atoms with Crippen molar-refractivity contribution in [1.82, 2.24) is 9.99 Å². The van der Waals surface area contributed by atoms with E-state index in [9.17, 15) is 13.2 Å². The largest absolute Gasteiger partial charge is 0.318 e. The number of aryl methyl sites for hydroxylation is 4. The topological polar surface area (TPSA) is 83.8 Å². The molecule has 0 spiro atoms. The summed E-state index contributed by atoms with van der Waals surface area (Å²) in [7, 11) is -3.99. The van der Waals surface area contributed by atoms with Gasteiger partial charge in [-0.25, -0.2) is 13.8 Å². The molecule has 0 atom stereocenters. The highest BCUT2D eigenvalue weighted by molar-refractivity contribution is 7.92. The van der Waals surface area contributed by atoms with Gasteiger partial charge >= 0.3 is 0 Å². The number of carbonyl (C=O) groups excluding carboxylic acids is 1. The Labute approximate surface area is 224 Å². The van der Waals surface area contributed by atoms with Gasteiger partial charge in [-0.05, 0) is 82.1 Å². The van der Waals surface area contributed by atoms with E-state index < -0.39 is 22.5 Å². The van der Waals surface area contributed by atoms with E-state index in [1.807, 2.05) is 52.8 Å². The zero-order valence-corrected chi connectivity index (χ0v) is 23.1. The minimum atomic E-state index is -3.99. The maximum Gasteiger partial charge on any atom is 0.264 e. The van der Waals surface area contributed by atoms with Crippen LogP contribution in [0.4, 0.5) is 5.69 Å². The summed E-state index contributed by atoms with van der Waals surface area (Å²) >= 11 is 0. The van der Waals surface area contributed by atoms with Gasteiger partial charge in [0.1, 0.15) is 6.54 Å². The van der Waals surface area contributed by atoms with Crippen molar-refractivity contribution in [2.75, 3.05) is 10.8 Å². The first-order valence-corrected chi connectivity index (χ1v) is 13.7. The Hall–Kier alpha value is -4.17. The van der Waals surface area contributed by atoms with Gasteiger partial charge in [-0.3, -0.25) is 9.10 Å². The molecular weight excluding hydrogens is 496 g/mol. The summed E-state index contributed by atoms with van der Waals surface area (Å²) in [5, 5.41) is 4.15. The van der Waals surface area contributed by atoms with Crippen LogP contribution in [0.15, 0.2) is 88.9 Å². The van der Waals surface area contributed by atoms with Crippen molar-refractivity contribution in [2.24, 2.45) is 5.10 Å². The first-order chi connectivity index (χ1) is 18.1. The first kappa shape index (κ1) is 26.9. The SMILES string of the molecule is Cc1ccc(-n2c(C)cc(/C=N/NC(=O)CN(c3cc(C)ccc3C)S(=O)(=O)c3ccccc3)c2C)cc1. The molecule has 1 N–H and O–H groups in total. The standard InChI is InChI=1S/C30H32N4O3S/c1-21-12-15-27(16-13-21)34-24(4)18-26(25(34)5)19-31-32-30(35)20-33(29-17-22(2)11-14-23(29)3)38(36,37)28-9-7-6-8-10-28/h6-19H,20H2,1-5H3,(H,32,35)/b31-19+. The van der Waals surface area contributed by atoms with Gasteiger partial charge in [-0.1, -0.05) is 48.0 Å². The Kier molecular flexibility index (Phi) is 7.83. The molecular formula is C30H32N4O3S. The molecule has 0 saturated heterocycles. The number of aromatic nitrogens is 1. The van der Waals surface area contributed by atoms with Gasteiger partial charge < -0.3 is 4.57 Å². The molecule has 1 aromatic heterocycles. The number of amides is 1. The molecule has 4 aromatic rings. The summed E-state index contributed by atoms with van der Waals surface area (Å²) < 4.78 is 30.4. The Morgan fingerprint density at radius 1 is 0.895 bits per heavy atom. The lowest BCUT2D eigenvalue weighted by molar-refractivity contribution is -0.119. The highest BCUT2D eigenvalue weighted by Crippen LogP contribution is 2.28. The number of nitrogens with zero attached hydrogens (tertiary/aromatic N) is 3. The molecule has 1 amide bonds. The maximum absolute atomic E-state index is 13.6. The first-order valence-electron chi connectivity index (χ1n) is 12.3. The molecule has 0 fully saturated rings. The second kappa shape index (κ2) is 11.1. The average molecular weight is 529 g/mol. The van der Waals surface area contributed by atoms with Gasteiger partial charge in [0.2, 0.25) is 0 Å². The molecule has 0 radical (unpaired) electrons. The highest BCUT2D eigenvalue weighted by Gasteiger charge is 2.28. The van der Waals surface area contributed by atoms with Crippen molar-refractivity contribution in [3.8, 4) is 5.69 Å². The van der Waals surface area contributed by atoms with Crippen LogP contribution in [-0.2, 0) is 14.8 Å². The van der Waals surface area contributed by atoms with Crippen LogP contribution in [0.5, 0.6) is 0 Å². The Bertz CT molecular complexity index is 1590. The molecule has 8 heteroatoms. The van der Waals surface area contributed by atoms with Crippen LogP contribution < -0.4 is 9.73 Å². The molecule has 0 aliphatic carbocycles. The highest BCUT2D eigenvalue weighted by atomic mass is 32.2. The van der Waals surface area contributed by atoms with Gasteiger partial charge in [-0.15, -0.1) is 0 Å². The van der Waals surface area contributed by atoms with Gasteiger partial charge in [-0.2, -0.15) is 5.10 Å². The number of nitrogens with one attached hydrogen (secondary N) is 1. The van der Waals surface area contributed by atoms with Crippen molar-refractivity contribution >= 4 is 27.8 Å². The lowest BCUT2D eigenvalue weighted by Crippen LogP contribution is -2.40. The zero-order chi connectivity index (χ0) is 27.4. The normalized spacial score (nSPS) is 11.6. The predicted octanol–water partition coefficient (Wildman–Crippen LogP) is 5.37. The smallest absolute Gasteiger partial charge is 0.264 e. The molecule has 0 saturated carbocycles. The summed E-state index contributed by atoms with van der Waals surface area (Å²) in [6, 6.07) is 23.9. The van der Waals surface area contributed by atoms with E-state index in [1.54, 1.807) is 30.5 Å². The quantitative estimate of drug-likeness (QED) is 0.247. The summed E-state index contributed by atoms with van der Waals surface area (Å²) in [6.07, 6.45) is 1.58. The molecule has 4 rings (SSSR count). The fourth-order valence-electron chi connectivity index (χ4n) is 4.36. The molecule has 196 valence electrons. The molecule has 0 aliphatic rings. The molecule has 7 nitrogen and oxygen atoms in total. The summed E-state index contributed by atoms with van der Waals surface area (Å²) in [5.41, 5.74) is 9.70. The van der Waals surface area contributed by atoms with E-state index in [-0.39, 0.29) is 4.90 Å². The van der Waals surface area contributed by atoms with E-state index in [2.05, 4.69) is 39.4 Å². The Morgan fingerprint density at radius 3 is 2.24 bits per heavy atom. The molecule has 3 aromatic carbocycles. The number of anilines is 1. The van der Waals surface area contributed by atoms with Crippen LogP contribution in [0.2, 0.25) is 0 Å². The Balaban J connectivity index is 1.57. The third-order valence-electron chi connectivity index (χ3n) is 6.41. The Morgan fingerprint density at radius 2 is 1.55 bits per heavy atom. The van der Waals surface area contributed by atoms with Crippen LogP contribution >= 0.6 is 0 Å². The number of carbonyl (C=O) groups is 1. The number of rotatable bonds is 8. The third kappa shape index (κ3) is 5.70. The van der Waals surface area contributed by atoms with Crippen LogP contribution in [0.25, 0.3) is 5.69 Å². The van der Waals surface area contributed by atoms with E-state index in [0.29, 0.717) is 5.69 Å². The van der Waals surface area contributed by atoms with Crippen molar-refractivity contribution in [1.29, 1.82) is 0 Å². The molecule has 0 bridgehead atoms. The summed E-state index contributed by atoms with van der Waals surface area (Å²) in [4.78, 5) is 13.1. The van der Waals surface area contributed by atoms with Crippen molar-refractivity contribution in [2.45, 2.75) is 39.5 Å². The number of hydrazone groups is 1. The van der Waals surface area contributed by atoms with Crippen LogP contribution in [0.1, 0.15) is 33.6 Å². The van der Waals surface area contributed by atoms with Gasteiger partial charge in [0.05, 0.1) is 16.8 Å². The average Bonchev–Trinajstić information content (AvgIpc) is 3.17. The fraction of sp³-hybridized carbons (Fsp3) is 0.200. The van der Waals surface area contributed by atoms with E-state index in [0.717, 1.165) is 38.1 Å². The van der Waals surface area contributed by atoms with Crippen molar-refractivity contribution in [3.63, 3.8) is 0 Å². The van der Waals surface area contributed by atoms with Crippen LogP contribution in [0, 0.1) is 34.6 Å². The van der Waals surface area contributed by atoms with E-state index >= 15 is 0 Å². The molecule has 0 aliphatic heterocycles. The second-order valence-electron chi connectivity index (χ2n) is 9.41. The van der Waals surface area contributed by atoms with Crippen LogP contribution in [0.3, 0.4) is 0 Å². The van der Waals surface area contributed by atoms with E-state index in [1.165, 1.54) is 17.7 Å². The lowest BCUT2D eigenvalue weighted by Gasteiger charge is -2.25. The van der Waals surface area contributed by atoms with Gasteiger partial charge in [0, 0.05) is 22.6 Å². The van der Waals surface area contributed by atoms with Gasteiger partial charge in [0.25, 0.3) is 15.9 Å². The molecule has 38 heavy (non-hydrogen) atoms. The van der Waals surface area contributed by atoms with Crippen molar-refractivity contribution in [3.05, 3.63) is 113 Å². The minimum absolute atomic E-state index is 0.112. The number of benzene rings is 3. The summed E-state index contributed by atoms with van der Waals surface area (Å²) in [6.45, 7) is 9.34. The lowest BCUT2D eigenvalue weighted by atomic mass is 10.1. The monoisotopic (exact) mass is 528 g/mol. The van der Waals surface area contributed by atoms with Crippen LogP contribution in [-0.4, -0.2) is 31.7 Å². The molecule has 0 unspecified atom stereocenters. The zero-order valence-electron chi connectivity index (χ0n) is 22.3. The summed E-state index contributed by atoms with van der Waals surface area (Å²) in [5.74, 6) is -0.547. The van der Waals surface area contributed by atoms with Gasteiger partial charge in [0.15, 0.2) is 0 Å². The predicted molar refractivity (Wildman–Crippen MR) is 153 cm³/mol. The maximum atomic E-state index is 13.6. The third-order valence-corrected chi connectivity index (χ3v) is 8.18. The molecule has 1 heterocycles.